The molecule has 0 aromatic carbocycles. The van der Waals surface area contributed by atoms with Crippen LogP contribution in [0.3, 0.4) is 0 Å². The summed E-state index contributed by atoms with van der Waals surface area (Å²) in [5.74, 6) is 1.19. The lowest BCUT2D eigenvalue weighted by atomic mass is 10.2. The summed E-state index contributed by atoms with van der Waals surface area (Å²) in [7, 11) is 0. The van der Waals surface area contributed by atoms with Crippen LogP contribution in [-0.4, -0.2) is 33.5 Å². The van der Waals surface area contributed by atoms with Crippen molar-refractivity contribution in [3.63, 3.8) is 0 Å². The smallest absolute Gasteiger partial charge is 0.249 e. The van der Waals surface area contributed by atoms with Gasteiger partial charge in [-0.2, -0.15) is 10.2 Å². The van der Waals surface area contributed by atoms with Crippen LogP contribution >= 0.6 is 0 Å². The fraction of sp³-hybridized carbons (Fsp3) is 0.538. The van der Waals surface area contributed by atoms with Crippen molar-refractivity contribution in [2.45, 2.75) is 33.6 Å². The molecule has 0 saturated carbocycles. The largest absolute Gasteiger partial charge is 0.421 e. The van der Waals surface area contributed by atoms with Crippen LogP contribution in [0.2, 0.25) is 0 Å². The van der Waals surface area contributed by atoms with E-state index in [9.17, 15) is 0 Å². The molecule has 0 fully saturated rings. The summed E-state index contributed by atoms with van der Waals surface area (Å²) in [5.41, 5.74) is 2.50. The molecule has 2 aromatic heterocycles. The van der Waals surface area contributed by atoms with E-state index in [2.05, 4.69) is 32.6 Å². The van der Waals surface area contributed by atoms with Crippen molar-refractivity contribution in [2.24, 2.45) is 0 Å². The molecule has 0 radical (unpaired) electrons. The van der Waals surface area contributed by atoms with Gasteiger partial charge in [-0.25, -0.2) is 0 Å². The fourth-order valence-corrected chi connectivity index (χ4v) is 1.77. The van der Waals surface area contributed by atoms with Gasteiger partial charge in [0.2, 0.25) is 11.8 Å². The van der Waals surface area contributed by atoms with E-state index >= 15 is 0 Å². The van der Waals surface area contributed by atoms with Gasteiger partial charge >= 0.3 is 0 Å². The van der Waals surface area contributed by atoms with E-state index in [1.54, 1.807) is 0 Å². The molecule has 1 N–H and O–H groups in total. The Hall–Kier alpha value is -1.82. The molecule has 0 aliphatic carbocycles. The van der Waals surface area contributed by atoms with Crippen molar-refractivity contribution < 1.29 is 4.42 Å². The lowest BCUT2D eigenvalue weighted by Gasteiger charge is -2.00. The molecule has 0 saturated heterocycles. The SMILES string of the molecule is CCNCCCc1nnc(-c2cc(C)nnc2C)o1. The highest BCUT2D eigenvalue weighted by Gasteiger charge is 2.12. The number of hydrogen-bond acceptors (Lipinski definition) is 6. The molecule has 0 aliphatic rings. The van der Waals surface area contributed by atoms with E-state index in [0.29, 0.717) is 11.8 Å². The first-order valence-electron chi connectivity index (χ1n) is 6.55. The Balaban J connectivity index is 2.06. The van der Waals surface area contributed by atoms with Gasteiger partial charge in [0, 0.05) is 6.42 Å². The molecule has 0 unspecified atom stereocenters. The molecule has 0 amide bonds. The first-order chi connectivity index (χ1) is 9.20. The molecule has 2 aromatic rings. The Bertz CT molecular complexity index is 538. The summed E-state index contributed by atoms with van der Waals surface area (Å²) in [4.78, 5) is 0. The Morgan fingerprint density at radius 3 is 2.79 bits per heavy atom. The van der Waals surface area contributed by atoms with Gasteiger partial charge in [-0.3, -0.25) is 0 Å². The van der Waals surface area contributed by atoms with Crippen LogP contribution in [0.15, 0.2) is 10.5 Å². The van der Waals surface area contributed by atoms with E-state index < -0.39 is 0 Å². The highest BCUT2D eigenvalue weighted by Crippen LogP contribution is 2.20. The van der Waals surface area contributed by atoms with Crippen LogP contribution in [0.4, 0.5) is 0 Å². The lowest BCUT2D eigenvalue weighted by molar-refractivity contribution is 0.492. The Morgan fingerprint density at radius 2 is 2.00 bits per heavy atom. The minimum Gasteiger partial charge on any atom is -0.421 e. The second-order valence-electron chi connectivity index (χ2n) is 4.44. The standard InChI is InChI=1S/C13H19N5O/c1-4-14-7-5-6-12-17-18-13(19-12)11-8-9(2)15-16-10(11)3/h8,14H,4-7H2,1-3H3. The summed E-state index contributed by atoms with van der Waals surface area (Å²) in [6, 6.07) is 1.91. The maximum absolute atomic E-state index is 5.67. The monoisotopic (exact) mass is 261 g/mol. The highest BCUT2D eigenvalue weighted by atomic mass is 16.4. The lowest BCUT2D eigenvalue weighted by Crippen LogP contribution is -2.14. The Labute approximate surface area is 112 Å². The van der Waals surface area contributed by atoms with E-state index in [1.807, 2.05) is 19.9 Å². The molecular formula is C13H19N5O. The van der Waals surface area contributed by atoms with Crippen molar-refractivity contribution in [1.82, 2.24) is 25.7 Å². The molecule has 102 valence electrons. The first kappa shape index (κ1) is 13.6. The predicted molar refractivity (Wildman–Crippen MR) is 71.7 cm³/mol. The summed E-state index contributed by atoms with van der Waals surface area (Å²) < 4.78 is 5.67. The average Bonchev–Trinajstić information content (AvgIpc) is 2.86. The molecule has 0 bridgehead atoms. The molecule has 19 heavy (non-hydrogen) atoms. The maximum Gasteiger partial charge on any atom is 0.249 e. The molecule has 2 heterocycles. The number of aromatic nitrogens is 4. The third-order valence-corrected chi connectivity index (χ3v) is 2.79. The van der Waals surface area contributed by atoms with Crippen molar-refractivity contribution >= 4 is 0 Å². The average molecular weight is 261 g/mol. The minimum atomic E-state index is 0.522. The molecule has 0 spiro atoms. The van der Waals surface area contributed by atoms with Crippen LogP contribution < -0.4 is 5.32 Å². The van der Waals surface area contributed by atoms with E-state index in [0.717, 1.165) is 42.9 Å². The summed E-state index contributed by atoms with van der Waals surface area (Å²) in [5, 5.41) is 19.5. The molecule has 0 aliphatic heterocycles. The third-order valence-electron chi connectivity index (χ3n) is 2.79. The van der Waals surface area contributed by atoms with Crippen LogP contribution in [-0.2, 0) is 6.42 Å². The molecule has 2 rings (SSSR count). The molecular weight excluding hydrogens is 242 g/mol. The molecule has 6 nitrogen and oxygen atoms in total. The second-order valence-corrected chi connectivity index (χ2v) is 4.44. The van der Waals surface area contributed by atoms with Crippen molar-refractivity contribution in [3.05, 3.63) is 23.3 Å². The van der Waals surface area contributed by atoms with Gasteiger partial charge in [0.25, 0.3) is 0 Å². The Morgan fingerprint density at radius 1 is 1.16 bits per heavy atom. The molecule has 0 atom stereocenters. The van der Waals surface area contributed by atoms with Crippen molar-refractivity contribution in [3.8, 4) is 11.5 Å². The van der Waals surface area contributed by atoms with E-state index in [1.165, 1.54) is 0 Å². The minimum absolute atomic E-state index is 0.522. The van der Waals surface area contributed by atoms with Crippen LogP contribution in [0, 0.1) is 13.8 Å². The van der Waals surface area contributed by atoms with E-state index in [4.69, 9.17) is 4.42 Å². The van der Waals surface area contributed by atoms with Gasteiger partial charge in [-0.1, -0.05) is 6.92 Å². The number of nitrogens with one attached hydrogen (secondary N) is 1. The van der Waals surface area contributed by atoms with Gasteiger partial charge in [-0.15, -0.1) is 10.2 Å². The third kappa shape index (κ3) is 3.57. The zero-order valence-electron chi connectivity index (χ0n) is 11.6. The summed E-state index contributed by atoms with van der Waals surface area (Å²) in [6.07, 6.45) is 1.78. The number of rotatable bonds is 6. The van der Waals surface area contributed by atoms with Gasteiger partial charge in [0.05, 0.1) is 17.0 Å². The van der Waals surface area contributed by atoms with Crippen LogP contribution in [0.5, 0.6) is 0 Å². The second kappa shape index (κ2) is 6.38. The van der Waals surface area contributed by atoms with Crippen molar-refractivity contribution in [2.75, 3.05) is 13.1 Å². The maximum atomic E-state index is 5.67. The number of hydrogen-bond donors (Lipinski definition) is 1. The van der Waals surface area contributed by atoms with Gasteiger partial charge < -0.3 is 9.73 Å². The number of nitrogens with zero attached hydrogens (tertiary/aromatic N) is 4. The van der Waals surface area contributed by atoms with Crippen molar-refractivity contribution in [1.29, 1.82) is 0 Å². The topological polar surface area (TPSA) is 76.7 Å². The quantitative estimate of drug-likeness (QED) is 0.797. The first-order valence-corrected chi connectivity index (χ1v) is 6.55. The summed E-state index contributed by atoms with van der Waals surface area (Å²) >= 11 is 0. The van der Waals surface area contributed by atoms with Crippen LogP contribution in [0.25, 0.3) is 11.5 Å². The van der Waals surface area contributed by atoms with Gasteiger partial charge in [-0.05, 0) is 39.4 Å². The highest BCUT2D eigenvalue weighted by molar-refractivity contribution is 5.55. The zero-order chi connectivity index (χ0) is 13.7. The molecule has 6 heteroatoms. The zero-order valence-corrected chi connectivity index (χ0v) is 11.6. The summed E-state index contributed by atoms with van der Waals surface area (Å²) in [6.45, 7) is 7.81. The van der Waals surface area contributed by atoms with Gasteiger partial charge in [0.1, 0.15) is 0 Å². The van der Waals surface area contributed by atoms with Crippen LogP contribution in [0.1, 0.15) is 30.6 Å². The van der Waals surface area contributed by atoms with Gasteiger partial charge in [0.15, 0.2) is 0 Å². The fourth-order valence-electron chi connectivity index (χ4n) is 1.77. The predicted octanol–water partition coefficient (Wildman–Crippen LogP) is 1.69. The number of aryl methyl sites for hydroxylation is 3. The van der Waals surface area contributed by atoms with E-state index in [-0.39, 0.29) is 0 Å². The normalized spacial score (nSPS) is 10.9. The Kier molecular flexibility index (Phi) is 4.57.